The summed E-state index contributed by atoms with van der Waals surface area (Å²) in [7, 11) is 0. The highest BCUT2D eigenvalue weighted by Gasteiger charge is 2.19. The first-order valence-electron chi connectivity index (χ1n) is 10.5. The van der Waals surface area contributed by atoms with Crippen molar-refractivity contribution >= 4 is 5.97 Å². The number of rotatable bonds is 11. The van der Waals surface area contributed by atoms with Gasteiger partial charge in [-0.15, -0.1) is 0 Å². The van der Waals surface area contributed by atoms with E-state index in [0.29, 0.717) is 44.3 Å². The van der Waals surface area contributed by atoms with Gasteiger partial charge in [0.25, 0.3) is 0 Å². The standard InChI is InChI=1S/C26H28O5/c1-3-29-24-12-8-11-23(25(24)26(27)30-4-2)21-13-15-22(16-14-21)31-18-17-28-19-20-9-6-5-7-10-20/h5-16H,3-4,17-19H2,1-2H3. The van der Waals surface area contributed by atoms with Gasteiger partial charge >= 0.3 is 5.97 Å². The molecule has 0 spiro atoms. The summed E-state index contributed by atoms with van der Waals surface area (Å²) in [6.45, 7) is 5.97. The Morgan fingerprint density at radius 2 is 1.55 bits per heavy atom. The van der Waals surface area contributed by atoms with E-state index in [1.54, 1.807) is 13.0 Å². The number of carbonyl (C=O) groups is 1. The molecule has 0 atom stereocenters. The SMILES string of the molecule is CCOC(=O)c1c(OCC)cccc1-c1ccc(OCCOCc2ccccc2)cc1. The van der Waals surface area contributed by atoms with E-state index >= 15 is 0 Å². The maximum absolute atomic E-state index is 12.6. The lowest BCUT2D eigenvalue weighted by molar-refractivity contribution is 0.0523. The van der Waals surface area contributed by atoms with Crippen LogP contribution in [0.4, 0.5) is 0 Å². The van der Waals surface area contributed by atoms with Gasteiger partial charge in [0.2, 0.25) is 0 Å². The quantitative estimate of drug-likeness (QED) is 0.302. The molecule has 0 radical (unpaired) electrons. The first kappa shape index (κ1) is 22.4. The lowest BCUT2D eigenvalue weighted by Gasteiger charge is -2.14. The second kappa shape index (κ2) is 11.8. The van der Waals surface area contributed by atoms with Gasteiger partial charge in [0, 0.05) is 0 Å². The fourth-order valence-electron chi connectivity index (χ4n) is 3.17. The van der Waals surface area contributed by atoms with Crippen molar-refractivity contribution in [1.82, 2.24) is 0 Å². The average molecular weight is 421 g/mol. The van der Waals surface area contributed by atoms with Crippen LogP contribution in [0.1, 0.15) is 29.8 Å². The van der Waals surface area contributed by atoms with Crippen molar-refractivity contribution in [2.75, 3.05) is 26.4 Å². The van der Waals surface area contributed by atoms with Gasteiger partial charge in [0.1, 0.15) is 23.7 Å². The second-order valence-corrected chi connectivity index (χ2v) is 6.74. The van der Waals surface area contributed by atoms with Crippen LogP contribution in [0.2, 0.25) is 0 Å². The molecule has 0 aliphatic heterocycles. The van der Waals surface area contributed by atoms with Gasteiger partial charge in [0.15, 0.2) is 0 Å². The molecule has 0 unspecified atom stereocenters. The molecule has 0 N–H and O–H groups in total. The molecule has 0 aromatic heterocycles. The molecule has 0 saturated carbocycles. The van der Waals surface area contributed by atoms with Crippen molar-refractivity contribution in [3.63, 3.8) is 0 Å². The minimum absolute atomic E-state index is 0.303. The van der Waals surface area contributed by atoms with Gasteiger partial charge in [-0.2, -0.15) is 0 Å². The van der Waals surface area contributed by atoms with Crippen LogP contribution in [0, 0.1) is 0 Å². The largest absolute Gasteiger partial charge is 0.493 e. The topological polar surface area (TPSA) is 54.0 Å². The molecule has 0 saturated heterocycles. The molecular weight excluding hydrogens is 392 g/mol. The minimum atomic E-state index is -0.391. The van der Waals surface area contributed by atoms with Crippen LogP contribution in [0.5, 0.6) is 11.5 Å². The third-order valence-corrected chi connectivity index (χ3v) is 4.58. The zero-order chi connectivity index (χ0) is 21.9. The Kier molecular flexibility index (Phi) is 8.49. The van der Waals surface area contributed by atoms with Gasteiger partial charge in [-0.1, -0.05) is 54.6 Å². The van der Waals surface area contributed by atoms with Crippen molar-refractivity contribution in [1.29, 1.82) is 0 Å². The van der Waals surface area contributed by atoms with Crippen LogP contribution in [0.25, 0.3) is 11.1 Å². The Hall–Kier alpha value is -3.31. The predicted octanol–water partition coefficient (Wildman–Crippen LogP) is 5.52. The number of hydrogen-bond donors (Lipinski definition) is 0. The molecule has 0 aliphatic carbocycles. The van der Waals surface area contributed by atoms with Crippen molar-refractivity contribution in [2.24, 2.45) is 0 Å². The monoisotopic (exact) mass is 420 g/mol. The highest BCUT2D eigenvalue weighted by Crippen LogP contribution is 2.32. The summed E-state index contributed by atoms with van der Waals surface area (Å²) in [5.41, 5.74) is 3.23. The summed E-state index contributed by atoms with van der Waals surface area (Å²) in [5.74, 6) is 0.873. The van der Waals surface area contributed by atoms with E-state index in [1.165, 1.54) is 0 Å². The van der Waals surface area contributed by atoms with Crippen LogP contribution in [-0.4, -0.2) is 32.4 Å². The molecular formula is C26H28O5. The zero-order valence-corrected chi connectivity index (χ0v) is 18.0. The molecule has 0 bridgehead atoms. The Balaban J connectivity index is 1.63. The summed E-state index contributed by atoms with van der Waals surface area (Å²) in [5, 5.41) is 0. The van der Waals surface area contributed by atoms with E-state index < -0.39 is 5.97 Å². The zero-order valence-electron chi connectivity index (χ0n) is 18.0. The molecule has 162 valence electrons. The van der Waals surface area contributed by atoms with Crippen molar-refractivity contribution in [3.05, 3.63) is 83.9 Å². The average Bonchev–Trinajstić information content (AvgIpc) is 2.80. The van der Waals surface area contributed by atoms with E-state index in [-0.39, 0.29) is 0 Å². The Labute approximate surface area is 183 Å². The highest BCUT2D eigenvalue weighted by molar-refractivity contribution is 6.00. The Bertz CT molecular complexity index is 951. The van der Waals surface area contributed by atoms with E-state index in [2.05, 4.69) is 0 Å². The summed E-state index contributed by atoms with van der Waals surface area (Å²) >= 11 is 0. The molecule has 0 amide bonds. The van der Waals surface area contributed by atoms with Crippen LogP contribution in [0.15, 0.2) is 72.8 Å². The Morgan fingerprint density at radius 1 is 0.774 bits per heavy atom. The molecule has 3 aromatic rings. The van der Waals surface area contributed by atoms with Gasteiger partial charge in [0.05, 0.1) is 26.4 Å². The molecule has 5 nitrogen and oxygen atoms in total. The van der Waals surface area contributed by atoms with Crippen LogP contribution >= 0.6 is 0 Å². The Morgan fingerprint density at radius 3 is 2.26 bits per heavy atom. The third-order valence-electron chi connectivity index (χ3n) is 4.58. The van der Waals surface area contributed by atoms with E-state index in [9.17, 15) is 4.79 Å². The smallest absolute Gasteiger partial charge is 0.342 e. The number of carbonyl (C=O) groups excluding carboxylic acids is 1. The normalized spacial score (nSPS) is 10.5. The molecule has 3 aromatic carbocycles. The first-order valence-corrected chi connectivity index (χ1v) is 10.5. The van der Waals surface area contributed by atoms with Crippen molar-refractivity contribution < 1.29 is 23.7 Å². The summed E-state index contributed by atoms with van der Waals surface area (Å²) in [4.78, 5) is 12.6. The van der Waals surface area contributed by atoms with Crippen LogP contribution in [0.3, 0.4) is 0 Å². The first-order chi connectivity index (χ1) is 15.2. The van der Waals surface area contributed by atoms with E-state index in [4.69, 9.17) is 18.9 Å². The van der Waals surface area contributed by atoms with Crippen LogP contribution in [-0.2, 0) is 16.1 Å². The summed E-state index contributed by atoms with van der Waals surface area (Å²) < 4.78 is 22.3. The van der Waals surface area contributed by atoms with Crippen LogP contribution < -0.4 is 9.47 Å². The minimum Gasteiger partial charge on any atom is -0.493 e. The van der Waals surface area contributed by atoms with Crippen molar-refractivity contribution in [2.45, 2.75) is 20.5 Å². The van der Waals surface area contributed by atoms with Gasteiger partial charge in [-0.05, 0) is 48.7 Å². The number of esters is 1. The summed E-state index contributed by atoms with van der Waals surface area (Å²) in [6.07, 6.45) is 0. The lowest BCUT2D eigenvalue weighted by atomic mass is 9.98. The molecule has 0 aliphatic rings. The maximum atomic E-state index is 12.6. The molecule has 31 heavy (non-hydrogen) atoms. The summed E-state index contributed by atoms with van der Waals surface area (Å²) in [6, 6.07) is 23.2. The van der Waals surface area contributed by atoms with Gasteiger partial charge < -0.3 is 18.9 Å². The number of hydrogen-bond acceptors (Lipinski definition) is 5. The number of ether oxygens (including phenoxy) is 4. The fraction of sp³-hybridized carbons (Fsp3) is 0.269. The highest BCUT2D eigenvalue weighted by atomic mass is 16.5. The van der Waals surface area contributed by atoms with E-state index in [1.807, 2.05) is 73.7 Å². The number of benzene rings is 3. The lowest BCUT2D eigenvalue weighted by Crippen LogP contribution is -2.10. The molecule has 5 heteroatoms. The van der Waals surface area contributed by atoms with Crippen molar-refractivity contribution in [3.8, 4) is 22.6 Å². The maximum Gasteiger partial charge on any atom is 0.342 e. The van der Waals surface area contributed by atoms with E-state index in [0.717, 1.165) is 22.4 Å². The molecule has 3 rings (SSSR count). The molecule has 0 fully saturated rings. The third kappa shape index (κ3) is 6.33. The van der Waals surface area contributed by atoms with Gasteiger partial charge in [-0.3, -0.25) is 0 Å². The second-order valence-electron chi connectivity index (χ2n) is 6.74. The van der Waals surface area contributed by atoms with Gasteiger partial charge in [-0.25, -0.2) is 4.79 Å². The fourth-order valence-corrected chi connectivity index (χ4v) is 3.17. The molecule has 0 heterocycles. The predicted molar refractivity (Wildman–Crippen MR) is 121 cm³/mol.